The smallest absolute Gasteiger partial charge is 0.194 e. The highest BCUT2D eigenvalue weighted by Crippen LogP contribution is 2.33. The maximum atomic E-state index is 6.66. The minimum Gasteiger partial charge on any atom is -0.347 e. The Balaban J connectivity index is 5.79. The van der Waals surface area contributed by atoms with Gasteiger partial charge in [0.15, 0.2) is 11.6 Å². The lowest BCUT2D eigenvalue weighted by atomic mass is 9.97. The van der Waals surface area contributed by atoms with Crippen molar-refractivity contribution < 1.29 is 33.2 Å². The molecule has 284 valence electrons. The van der Waals surface area contributed by atoms with Gasteiger partial charge in [-0.05, 0) is 51.4 Å². The van der Waals surface area contributed by atoms with E-state index in [4.69, 9.17) is 33.2 Å². The second-order valence-electron chi connectivity index (χ2n) is 13.4. The summed E-state index contributed by atoms with van der Waals surface area (Å²) in [5, 5.41) is 0. The molecule has 0 radical (unpaired) electrons. The van der Waals surface area contributed by atoms with Gasteiger partial charge >= 0.3 is 0 Å². The predicted molar refractivity (Wildman–Crippen MR) is 197 cm³/mol. The van der Waals surface area contributed by atoms with Crippen LogP contribution in [0.4, 0.5) is 0 Å². The summed E-state index contributed by atoms with van der Waals surface area (Å²) in [7, 11) is 0. The highest BCUT2D eigenvalue weighted by atomic mass is 16.8. The van der Waals surface area contributed by atoms with Crippen LogP contribution in [0.15, 0.2) is 0 Å². The van der Waals surface area contributed by atoms with E-state index in [1.54, 1.807) is 0 Å². The fourth-order valence-electron chi connectivity index (χ4n) is 5.90. The van der Waals surface area contributed by atoms with Crippen LogP contribution in [0.5, 0.6) is 0 Å². The van der Waals surface area contributed by atoms with Gasteiger partial charge < -0.3 is 33.2 Å². The van der Waals surface area contributed by atoms with Crippen molar-refractivity contribution in [3.63, 3.8) is 0 Å². The lowest BCUT2D eigenvalue weighted by Crippen LogP contribution is -2.50. The molecule has 0 aromatic heterocycles. The minimum absolute atomic E-state index is 0.130. The SMILES string of the molecule is CCCCCCC(OCCCC)(OCCCC)C(CCC)OCOCOC(CCC)C(CCCCCC)(OCCCC)OCCCC. The van der Waals surface area contributed by atoms with Crippen molar-refractivity contribution in [3.8, 4) is 0 Å². The van der Waals surface area contributed by atoms with Crippen molar-refractivity contribution in [1.82, 2.24) is 0 Å². The quantitative estimate of drug-likeness (QED) is 0.0477. The first-order valence-corrected chi connectivity index (χ1v) is 20.4. The van der Waals surface area contributed by atoms with Crippen LogP contribution in [0.1, 0.15) is 197 Å². The van der Waals surface area contributed by atoms with Gasteiger partial charge in [0, 0.05) is 12.8 Å². The summed E-state index contributed by atoms with van der Waals surface area (Å²) < 4.78 is 45.8. The Morgan fingerprint density at radius 3 is 0.957 bits per heavy atom. The molecule has 7 nitrogen and oxygen atoms in total. The van der Waals surface area contributed by atoms with Gasteiger partial charge in [0.25, 0.3) is 0 Å². The third-order valence-electron chi connectivity index (χ3n) is 8.92. The van der Waals surface area contributed by atoms with Crippen LogP contribution in [0, 0.1) is 0 Å². The average Bonchev–Trinajstić information content (AvgIpc) is 3.07. The molecular formula is C40H82O7. The molecule has 0 bridgehead atoms. The van der Waals surface area contributed by atoms with Crippen molar-refractivity contribution in [2.45, 2.75) is 220 Å². The fraction of sp³-hybridized carbons (Fsp3) is 1.00. The summed E-state index contributed by atoms with van der Waals surface area (Å²) in [5.41, 5.74) is 0. The molecule has 0 saturated heterocycles. The average molecular weight is 675 g/mol. The zero-order chi connectivity index (χ0) is 34.9. The van der Waals surface area contributed by atoms with Crippen LogP contribution in [0.3, 0.4) is 0 Å². The molecule has 0 aromatic rings. The normalized spacial score (nSPS) is 13.8. The molecule has 0 amide bonds. The van der Waals surface area contributed by atoms with E-state index in [0.29, 0.717) is 26.4 Å². The number of unbranched alkanes of at least 4 members (excludes halogenated alkanes) is 10. The zero-order valence-corrected chi connectivity index (χ0v) is 32.8. The summed E-state index contributed by atoms with van der Waals surface area (Å²) in [6, 6.07) is 0. The summed E-state index contributed by atoms with van der Waals surface area (Å²) >= 11 is 0. The molecule has 0 N–H and O–H groups in total. The maximum Gasteiger partial charge on any atom is 0.194 e. The molecular weight excluding hydrogens is 592 g/mol. The molecule has 0 aliphatic heterocycles. The molecule has 7 heteroatoms. The summed E-state index contributed by atoms with van der Waals surface area (Å²) in [4.78, 5) is 0. The predicted octanol–water partition coefficient (Wildman–Crippen LogP) is 11.9. The summed E-state index contributed by atoms with van der Waals surface area (Å²) in [6.45, 7) is 20.7. The molecule has 47 heavy (non-hydrogen) atoms. The Labute approximate surface area is 293 Å². The molecule has 0 spiro atoms. The van der Waals surface area contributed by atoms with E-state index in [0.717, 1.165) is 103 Å². The molecule has 0 heterocycles. The maximum absolute atomic E-state index is 6.66. The van der Waals surface area contributed by atoms with E-state index in [1.807, 2.05) is 0 Å². The van der Waals surface area contributed by atoms with Gasteiger partial charge in [0.2, 0.25) is 0 Å². The van der Waals surface area contributed by atoms with Crippen LogP contribution in [-0.4, -0.2) is 63.8 Å². The molecule has 0 rings (SSSR count). The Kier molecular flexibility index (Phi) is 32.7. The Bertz CT molecular complexity index is 560. The standard InChI is InChI=1S/C40H82O7/c1-9-17-23-25-29-39(44-31-19-11-3,45-32-20-12-4)37(27-15-7)42-35-41-36-43-38(28-16-8)40(46-33-21-13-5,47-34-22-14-6)30-26-24-18-10-2/h37-38H,9-36H2,1-8H3. The van der Waals surface area contributed by atoms with Gasteiger partial charge in [0.1, 0.15) is 25.8 Å². The largest absolute Gasteiger partial charge is 0.347 e. The lowest BCUT2D eigenvalue weighted by molar-refractivity contribution is -0.324. The minimum atomic E-state index is -0.753. The van der Waals surface area contributed by atoms with E-state index in [-0.39, 0.29) is 25.8 Å². The number of hydrogen-bond acceptors (Lipinski definition) is 7. The third-order valence-corrected chi connectivity index (χ3v) is 8.92. The van der Waals surface area contributed by atoms with E-state index < -0.39 is 11.6 Å². The van der Waals surface area contributed by atoms with E-state index in [2.05, 4.69) is 55.4 Å². The van der Waals surface area contributed by atoms with Gasteiger partial charge in [-0.15, -0.1) is 0 Å². The van der Waals surface area contributed by atoms with Crippen molar-refractivity contribution in [1.29, 1.82) is 0 Å². The van der Waals surface area contributed by atoms with Crippen LogP contribution >= 0.6 is 0 Å². The number of ether oxygens (including phenoxy) is 7. The fourth-order valence-corrected chi connectivity index (χ4v) is 5.90. The van der Waals surface area contributed by atoms with Crippen LogP contribution in [-0.2, 0) is 33.2 Å². The van der Waals surface area contributed by atoms with Gasteiger partial charge in [-0.1, -0.05) is 132 Å². The van der Waals surface area contributed by atoms with Gasteiger partial charge in [-0.25, -0.2) is 0 Å². The topological polar surface area (TPSA) is 64.6 Å². The lowest BCUT2D eigenvalue weighted by Gasteiger charge is -2.41. The molecule has 0 aliphatic carbocycles. The van der Waals surface area contributed by atoms with E-state index >= 15 is 0 Å². The van der Waals surface area contributed by atoms with Crippen molar-refractivity contribution >= 4 is 0 Å². The second kappa shape index (κ2) is 32.9. The van der Waals surface area contributed by atoms with Crippen molar-refractivity contribution in [3.05, 3.63) is 0 Å². The second-order valence-corrected chi connectivity index (χ2v) is 13.4. The first-order valence-electron chi connectivity index (χ1n) is 20.4. The first kappa shape index (κ1) is 46.7. The van der Waals surface area contributed by atoms with E-state index in [1.165, 1.54) is 38.5 Å². The summed E-state index contributed by atoms with van der Waals surface area (Å²) in [6.07, 6.45) is 22.7. The van der Waals surface area contributed by atoms with Gasteiger partial charge in [-0.2, -0.15) is 0 Å². The van der Waals surface area contributed by atoms with Crippen LogP contribution in [0.25, 0.3) is 0 Å². The third kappa shape index (κ3) is 21.5. The molecule has 2 atom stereocenters. The number of hydrogen-bond donors (Lipinski definition) is 0. The molecule has 0 aromatic carbocycles. The Morgan fingerprint density at radius 1 is 0.362 bits per heavy atom. The Morgan fingerprint density at radius 2 is 0.681 bits per heavy atom. The first-order chi connectivity index (χ1) is 23.0. The monoisotopic (exact) mass is 675 g/mol. The van der Waals surface area contributed by atoms with Crippen molar-refractivity contribution in [2.24, 2.45) is 0 Å². The van der Waals surface area contributed by atoms with E-state index in [9.17, 15) is 0 Å². The summed E-state index contributed by atoms with van der Waals surface area (Å²) in [5.74, 6) is -1.51. The molecule has 0 aliphatic rings. The Hall–Kier alpha value is -0.280. The molecule has 2 unspecified atom stereocenters. The molecule has 0 fully saturated rings. The van der Waals surface area contributed by atoms with Crippen LogP contribution < -0.4 is 0 Å². The molecule has 0 saturated carbocycles. The highest BCUT2D eigenvalue weighted by molar-refractivity contribution is 4.83. The van der Waals surface area contributed by atoms with Crippen molar-refractivity contribution in [2.75, 3.05) is 40.0 Å². The number of rotatable bonds is 38. The van der Waals surface area contributed by atoms with Crippen LogP contribution in [0.2, 0.25) is 0 Å². The van der Waals surface area contributed by atoms with Gasteiger partial charge in [0.05, 0.1) is 26.4 Å². The zero-order valence-electron chi connectivity index (χ0n) is 32.8. The highest BCUT2D eigenvalue weighted by Gasteiger charge is 2.43. The van der Waals surface area contributed by atoms with Gasteiger partial charge in [-0.3, -0.25) is 0 Å².